The minimum Gasteiger partial charge on any atom is -0.313 e. The average molecular weight is 281 g/mol. The summed E-state index contributed by atoms with van der Waals surface area (Å²) in [4.78, 5) is 0. The van der Waals surface area contributed by atoms with Crippen molar-refractivity contribution in [2.45, 2.75) is 52.6 Å². The molecule has 1 saturated heterocycles. The van der Waals surface area contributed by atoms with E-state index in [1.807, 2.05) is 0 Å². The lowest BCUT2D eigenvalue weighted by atomic mass is 9.97. The molecule has 4 heteroatoms. The van der Waals surface area contributed by atoms with Gasteiger partial charge < -0.3 is 5.32 Å². The lowest BCUT2D eigenvalue weighted by molar-refractivity contribution is 0.414. The maximum absolute atomic E-state index is 4.67. The van der Waals surface area contributed by atoms with Gasteiger partial charge in [0.15, 0.2) is 0 Å². The summed E-state index contributed by atoms with van der Waals surface area (Å²) in [6.07, 6.45) is 3.44. The van der Waals surface area contributed by atoms with Gasteiger partial charge in [0.2, 0.25) is 0 Å². The van der Waals surface area contributed by atoms with E-state index in [0.29, 0.717) is 6.04 Å². The van der Waals surface area contributed by atoms with Crippen molar-refractivity contribution in [2.75, 3.05) is 18.1 Å². The summed E-state index contributed by atoms with van der Waals surface area (Å²) >= 11 is 2.09. The summed E-state index contributed by atoms with van der Waals surface area (Å²) in [7, 11) is 0. The normalized spacial score (nSPS) is 23.1. The third-order valence-electron chi connectivity index (χ3n) is 3.90. The van der Waals surface area contributed by atoms with Crippen LogP contribution in [0.1, 0.15) is 38.6 Å². The van der Waals surface area contributed by atoms with Gasteiger partial charge in [0.05, 0.1) is 5.69 Å². The Morgan fingerprint density at radius 3 is 2.89 bits per heavy atom. The number of aromatic nitrogens is 2. The van der Waals surface area contributed by atoms with Crippen molar-refractivity contribution in [1.29, 1.82) is 0 Å². The molecular formula is C15H27N3S. The molecule has 1 aliphatic rings. The van der Waals surface area contributed by atoms with E-state index in [9.17, 15) is 0 Å². The number of hydrogen-bond acceptors (Lipinski definition) is 3. The summed E-state index contributed by atoms with van der Waals surface area (Å²) in [6, 6.07) is 3.00. The highest BCUT2D eigenvalue weighted by Gasteiger charge is 2.28. The third kappa shape index (κ3) is 3.76. The van der Waals surface area contributed by atoms with Crippen molar-refractivity contribution in [2.24, 2.45) is 5.92 Å². The molecule has 108 valence electrons. The van der Waals surface area contributed by atoms with E-state index in [1.165, 1.54) is 35.7 Å². The summed E-state index contributed by atoms with van der Waals surface area (Å²) in [6.45, 7) is 8.75. The van der Waals surface area contributed by atoms with E-state index in [1.54, 1.807) is 0 Å². The Morgan fingerprint density at radius 2 is 2.21 bits per heavy atom. The van der Waals surface area contributed by atoms with Gasteiger partial charge in [-0.25, -0.2) is 0 Å². The Hall–Kier alpha value is -0.480. The zero-order valence-electron chi connectivity index (χ0n) is 12.5. The molecule has 1 N–H and O–H groups in total. The largest absolute Gasteiger partial charge is 0.313 e. The first kappa shape index (κ1) is 14.9. The lowest BCUT2D eigenvalue weighted by Gasteiger charge is -2.20. The van der Waals surface area contributed by atoms with Gasteiger partial charge in [0.1, 0.15) is 0 Å². The molecule has 0 bridgehead atoms. The molecule has 1 aliphatic heterocycles. The molecule has 1 fully saturated rings. The molecule has 0 saturated carbocycles. The second-order valence-corrected chi connectivity index (χ2v) is 6.43. The molecule has 2 rings (SSSR count). The minimum atomic E-state index is 0.690. The average Bonchev–Trinajstić information content (AvgIpc) is 3.03. The fourth-order valence-electron chi connectivity index (χ4n) is 2.75. The molecule has 0 radical (unpaired) electrons. The van der Waals surface area contributed by atoms with E-state index in [0.717, 1.165) is 25.4 Å². The van der Waals surface area contributed by atoms with Crippen LogP contribution >= 0.6 is 11.8 Å². The number of hydrogen-bond donors (Lipinski definition) is 1. The van der Waals surface area contributed by atoms with Gasteiger partial charge in [-0.1, -0.05) is 13.8 Å². The first-order valence-electron chi connectivity index (χ1n) is 7.65. The highest BCUT2D eigenvalue weighted by atomic mass is 32.2. The molecule has 0 spiro atoms. The standard InChI is InChI=1S/C15H27N3S/c1-4-7-16-15-11-19-10-12(15)8-14-9-13(5-2)17-18(14)6-3/h9,12,15-16H,4-8,10-11H2,1-3H3. The van der Waals surface area contributed by atoms with Gasteiger partial charge in [-0.15, -0.1) is 0 Å². The van der Waals surface area contributed by atoms with Crippen LogP contribution in [-0.4, -0.2) is 33.9 Å². The molecule has 2 heterocycles. The number of nitrogens with one attached hydrogen (secondary N) is 1. The van der Waals surface area contributed by atoms with Crippen molar-refractivity contribution >= 4 is 11.8 Å². The van der Waals surface area contributed by atoms with Crippen molar-refractivity contribution in [1.82, 2.24) is 15.1 Å². The summed E-state index contributed by atoms with van der Waals surface area (Å²) in [5.41, 5.74) is 2.66. The maximum atomic E-state index is 4.67. The van der Waals surface area contributed by atoms with Crippen LogP contribution in [0.4, 0.5) is 0 Å². The quantitative estimate of drug-likeness (QED) is 0.833. The predicted octanol–water partition coefficient (Wildman–Crippen LogP) is 2.74. The Labute approximate surface area is 121 Å². The van der Waals surface area contributed by atoms with Crippen molar-refractivity contribution in [3.05, 3.63) is 17.5 Å². The smallest absolute Gasteiger partial charge is 0.0624 e. The fraction of sp³-hybridized carbons (Fsp3) is 0.800. The minimum absolute atomic E-state index is 0.690. The van der Waals surface area contributed by atoms with Crippen LogP contribution in [-0.2, 0) is 19.4 Å². The van der Waals surface area contributed by atoms with Crippen LogP contribution in [0, 0.1) is 5.92 Å². The van der Waals surface area contributed by atoms with Crippen LogP contribution in [0.25, 0.3) is 0 Å². The summed E-state index contributed by atoms with van der Waals surface area (Å²) < 4.78 is 2.19. The second kappa shape index (κ2) is 7.34. The van der Waals surface area contributed by atoms with Crippen molar-refractivity contribution in [3.63, 3.8) is 0 Å². The van der Waals surface area contributed by atoms with Crippen molar-refractivity contribution < 1.29 is 0 Å². The summed E-state index contributed by atoms with van der Waals surface area (Å²) in [5, 5.41) is 8.38. The van der Waals surface area contributed by atoms with Crippen LogP contribution in [0.5, 0.6) is 0 Å². The molecule has 0 aliphatic carbocycles. The maximum Gasteiger partial charge on any atom is 0.0624 e. The Balaban J connectivity index is 2.00. The molecule has 19 heavy (non-hydrogen) atoms. The van der Waals surface area contributed by atoms with Crippen molar-refractivity contribution in [3.8, 4) is 0 Å². The zero-order chi connectivity index (χ0) is 13.7. The predicted molar refractivity (Wildman–Crippen MR) is 83.9 cm³/mol. The van der Waals surface area contributed by atoms with E-state index < -0.39 is 0 Å². The molecule has 2 atom stereocenters. The molecule has 3 nitrogen and oxygen atoms in total. The van der Waals surface area contributed by atoms with Gasteiger partial charge >= 0.3 is 0 Å². The number of thioether (sulfide) groups is 1. The highest BCUT2D eigenvalue weighted by Crippen LogP contribution is 2.27. The van der Waals surface area contributed by atoms with Crippen LogP contribution < -0.4 is 5.32 Å². The number of rotatable bonds is 7. The molecule has 1 aromatic heterocycles. The van der Waals surface area contributed by atoms with Gasteiger partial charge in [-0.05, 0) is 50.5 Å². The monoisotopic (exact) mass is 281 g/mol. The SMILES string of the molecule is CCCNC1CSCC1Cc1cc(CC)nn1CC. The highest BCUT2D eigenvalue weighted by molar-refractivity contribution is 7.99. The fourth-order valence-corrected chi connectivity index (χ4v) is 4.18. The Morgan fingerprint density at radius 1 is 1.37 bits per heavy atom. The second-order valence-electron chi connectivity index (χ2n) is 5.36. The molecule has 0 aromatic carbocycles. The Kier molecular flexibility index (Phi) is 5.76. The van der Waals surface area contributed by atoms with E-state index >= 15 is 0 Å². The molecular weight excluding hydrogens is 254 g/mol. The van der Waals surface area contributed by atoms with E-state index in [4.69, 9.17) is 0 Å². The van der Waals surface area contributed by atoms with Gasteiger partial charge in [-0.3, -0.25) is 4.68 Å². The number of aryl methyl sites for hydroxylation is 2. The van der Waals surface area contributed by atoms with Gasteiger partial charge in [-0.2, -0.15) is 16.9 Å². The third-order valence-corrected chi connectivity index (χ3v) is 5.16. The first-order valence-corrected chi connectivity index (χ1v) is 8.80. The molecule has 1 aromatic rings. The number of nitrogens with zero attached hydrogens (tertiary/aromatic N) is 2. The molecule has 0 amide bonds. The van der Waals surface area contributed by atoms with Crippen LogP contribution in [0.15, 0.2) is 6.07 Å². The van der Waals surface area contributed by atoms with E-state index in [-0.39, 0.29) is 0 Å². The van der Waals surface area contributed by atoms with Crippen LogP contribution in [0.3, 0.4) is 0 Å². The van der Waals surface area contributed by atoms with Gasteiger partial charge in [0.25, 0.3) is 0 Å². The first-order chi connectivity index (χ1) is 9.28. The molecule has 2 unspecified atom stereocenters. The zero-order valence-corrected chi connectivity index (χ0v) is 13.3. The van der Waals surface area contributed by atoms with E-state index in [2.05, 4.69) is 53.7 Å². The Bertz CT molecular complexity index is 389. The van der Waals surface area contributed by atoms with Crippen LogP contribution in [0.2, 0.25) is 0 Å². The van der Waals surface area contributed by atoms with Gasteiger partial charge in [0, 0.05) is 24.0 Å². The topological polar surface area (TPSA) is 29.9 Å². The summed E-state index contributed by atoms with van der Waals surface area (Å²) in [5.74, 6) is 3.33. The lowest BCUT2D eigenvalue weighted by Crippen LogP contribution is -2.37.